The average molecular weight is 240 g/mol. The van der Waals surface area contributed by atoms with E-state index in [9.17, 15) is 4.79 Å². The first kappa shape index (κ1) is 14.5. The molecule has 0 aliphatic heterocycles. The van der Waals surface area contributed by atoms with Crippen molar-refractivity contribution in [2.45, 2.75) is 65.5 Å². The van der Waals surface area contributed by atoms with Crippen molar-refractivity contribution >= 4 is 5.91 Å². The molecule has 1 aliphatic carbocycles. The number of carbonyl (C=O) groups is 1. The number of hydrogen-bond acceptors (Lipinski definition) is 2. The molecule has 0 spiro atoms. The van der Waals surface area contributed by atoms with Crippen molar-refractivity contribution in [1.29, 1.82) is 0 Å². The van der Waals surface area contributed by atoms with E-state index in [1.165, 1.54) is 25.7 Å². The van der Waals surface area contributed by atoms with Crippen LogP contribution >= 0.6 is 0 Å². The number of amides is 1. The SMILES string of the molecule is CCN(CC)C(=O)C(C)NC(C)C1CCCC1. The summed E-state index contributed by atoms with van der Waals surface area (Å²) in [6.45, 7) is 9.90. The van der Waals surface area contributed by atoms with Crippen LogP contribution in [0, 0.1) is 5.92 Å². The monoisotopic (exact) mass is 240 g/mol. The fraction of sp³-hybridized carbons (Fsp3) is 0.929. The summed E-state index contributed by atoms with van der Waals surface area (Å²) in [5, 5.41) is 3.48. The lowest BCUT2D eigenvalue weighted by Crippen LogP contribution is -2.49. The zero-order valence-corrected chi connectivity index (χ0v) is 11.8. The Labute approximate surface area is 106 Å². The number of hydrogen-bond donors (Lipinski definition) is 1. The molecule has 0 aromatic rings. The van der Waals surface area contributed by atoms with E-state index in [1.807, 2.05) is 25.7 Å². The molecule has 0 aromatic carbocycles. The minimum absolute atomic E-state index is 0.0505. The summed E-state index contributed by atoms with van der Waals surface area (Å²) in [7, 11) is 0. The Morgan fingerprint density at radius 1 is 1.24 bits per heavy atom. The Balaban J connectivity index is 2.41. The summed E-state index contributed by atoms with van der Waals surface area (Å²) in [4.78, 5) is 14.0. The predicted molar refractivity (Wildman–Crippen MR) is 71.9 cm³/mol. The number of likely N-dealkylation sites (N-methyl/N-ethyl adjacent to an activating group) is 1. The van der Waals surface area contributed by atoms with Gasteiger partial charge in [-0.05, 0) is 46.5 Å². The van der Waals surface area contributed by atoms with Crippen LogP contribution in [0.1, 0.15) is 53.4 Å². The van der Waals surface area contributed by atoms with Gasteiger partial charge in [0.1, 0.15) is 0 Å². The van der Waals surface area contributed by atoms with Crippen LogP contribution in [-0.2, 0) is 4.79 Å². The van der Waals surface area contributed by atoms with Crippen LogP contribution in [0.5, 0.6) is 0 Å². The summed E-state index contributed by atoms with van der Waals surface area (Å²) in [5.74, 6) is 1.00. The van der Waals surface area contributed by atoms with Crippen molar-refractivity contribution in [2.75, 3.05) is 13.1 Å². The topological polar surface area (TPSA) is 32.3 Å². The van der Waals surface area contributed by atoms with Gasteiger partial charge in [-0.15, -0.1) is 0 Å². The van der Waals surface area contributed by atoms with Crippen molar-refractivity contribution in [3.8, 4) is 0 Å². The Kier molecular flexibility index (Phi) is 5.96. The zero-order valence-electron chi connectivity index (χ0n) is 11.8. The maximum absolute atomic E-state index is 12.1. The van der Waals surface area contributed by atoms with Gasteiger partial charge in [0.15, 0.2) is 0 Å². The van der Waals surface area contributed by atoms with Crippen molar-refractivity contribution in [3.63, 3.8) is 0 Å². The van der Waals surface area contributed by atoms with E-state index in [0.29, 0.717) is 6.04 Å². The first-order valence-corrected chi connectivity index (χ1v) is 7.14. The molecule has 1 N–H and O–H groups in total. The second kappa shape index (κ2) is 7.00. The molecule has 0 bridgehead atoms. The predicted octanol–water partition coefficient (Wildman–Crippen LogP) is 2.41. The highest BCUT2D eigenvalue weighted by atomic mass is 16.2. The van der Waals surface area contributed by atoms with Gasteiger partial charge in [-0.2, -0.15) is 0 Å². The van der Waals surface area contributed by atoms with Gasteiger partial charge in [0.25, 0.3) is 0 Å². The second-order valence-corrected chi connectivity index (χ2v) is 5.23. The third-order valence-electron chi connectivity index (χ3n) is 4.07. The molecule has 1 amide bonds. The first-order chi connectivity index (χ1) is 8.10. The zero-order chi connectivity index (χ0) is 12.8. The molecule has 1 rings (SSSR count). The maximum atomic E-state index is 12.1. The Bertz CT molecular complexity index is 232. The summed E-state index contributed by atoms with van der Waals surface area (Å²) in [5.41, 5.74) is 0. The van der Waals surface area contributed by atoms with Gasteiger partial charge in [-0.3, -0.25) is 4.79 Å². The molecule has 0 saturated heterocycles. The summed E-state index contributed by atoms with van der Waals surface area (Å²) in [6.07, 6.45) is 5.35. The van der Waals surface area contributed by atoms with Crippen LogP contribution in [0.15, 0.2) is 0 Å². The van der Waals surface area contributed by atoms with Crippen molar-refractivity contribution in [1.82, 2.24) is 10.2 Å². The van der Waals surface area contributed by atoms with Crippen LogP contribution in [0.3, 0.4) is 0 Å². The molecule has 3 heteroatoms. The van der Waals surface area contributed by atoms with E-state index in [2.05, 4.69) is 12.2 Å². The Hall–Kier alpha value is -0.570. The van der Waals surface area contributed by atoms with Crippen LogP contribution in [0.2, 0.25) is 0 Å². The average Bonchev–Trinajstić information content (AvgIpc) is 2.83. The molecular weight excluding hydrogens is 212 g/mol. The van der Waals surface area contributed by atoms with Crippen molar-refractivity contribution in [2.24, 2.45) is 5.92 Å². The molecule has 1 fully saturated rings. The lowest BCUT2D eigenvalue weighted by atomic mass is 9.99. The van der Waals surface area contributed by atoms with E-state index in [1.54, 1.807) is 0 Å². The highest BCUT2D eigenvalue weighted by Crippen LogP contribution is 2.27. The number of carbonyl (C=O) groups excluding carboxylic acids is 1. The third-order valence-corrected chi connectivity index (χ3v) is 4.07. The highest BCUT2D eigenvalue weighted by molar-refractivity contribution is 5.81. The fourth-order valence-corrected chi connectivity index (χ4v) is 2.87. The molecule has 100 valence electrons. The van der Waals surface area contributed by atoms with E-state index in [-0.39, 0.29) is 11.9 Å². The largest absolute Gasteiger partial charge is 0.342 e. The van der Waals surface area contributed by atoms with Gasteiger partial charge < -0.3 is 10.2 Å². The Morgan fingerprint density at radius 2 is 1.76 bits per heavy atom. The quantitative estimate of drug-likeness (QED) is 0.773. The van der Waals surface area contributed by atoms with E-state index in [4.69, 9.17) is 0 Å². The number of nitrogens with one attached hydrogen (secondary N) is 1. The summed E-state index contributed by atoms with van der Waals surface area (Å²) < 4.78 is 0. The molecule has 17 heavy (non-hydrogen) atoms. The Morgan fingerprint density at radius 3 is 2.24 bits per heavy atom. The lowest BCUT2D eigenvalue weighted by molar-refractivity contribution is -0.132. The molecule has 1 saturated carbocycles. The lowest BCUT2D eigenvalue weighted by Gasteiger charge is -2.28. The first-order valence-electron chi connectivity index (χ1n) is 7.14. The molecule has 1 aliphatic rings. The van der Waals surface area contributed by atoms with Crippen molar-refractivity contribution < 1.29 is 4.79 Å². The molecule has 2 unspecified atom stereocenters. The fourth-order valence-electron chi connectivity index (χ4n) is 2.87. The van der Waals surface area contributed by atoms with Crippen molar-refractivity contribution in [3.05, 3.63) is 0 Å². The van der Waals surface area contributed by atoms with Crippen LogP contribution in [-0.4, -0.2) is 36.0 Å². The van der Waals surface area contributed by atoms with E-state index >= 15 is 0 Å². The van der Waals surface area contributed by atoms with E-state index in [0.717, 1.165) is 19.0 Å². The van der Waals surface area contributed by atoms with Gasteiger partial charge >= 0.3 is 0 Å². The third kappa shape index (κ3) is 3.98. The summed E-state index contributed by atoms with van der Waals surface area (Å²) in [6, 6.07) is 0.414. The highest BCUT2D eigenvalue weighted by Gasteiger charge is 2.25. The van der Waals surface area contributed by atoms with Crippen LogP contribution < -0.4 is 5.32 Å². The normalized spacial score (nSPS) is 20.2. The maximum Gasteiger partial charge on any atom is 0.239 e. The minimum Gasteiger partial charge on any atom is -0.342 e. The van der Waals surface area contributed by atoms with E-state index < -0.39 is 0 Å². The smallest absolute Gasteiger partial charge is 0.239 e. The second-order valence-electron chi connectivity index (χ2n) is 5.23. The molecule has 0 radical (unpaired) electrons. The summed E-state index contributed by atoms with van der Waals surface area (Å²) >= 11 is 0. The molecule has 2 atom stereocenters. The molecule has 3 nitrogen and oxygen atoms in total. The molecule has 0 heterocycles. The van der Waals surface area contributed by atoms with Gasteiger partial charge in [0.2, 0.25) is 5.91 Å². The van der Waals surface area contributed by atoms with Gasteiger partial charge in [0.05, 0.1) is 6.04 Å². The standard InChI is InChI=1S/C14H28N2O/c1-5-16(6-2)14(17)12(4)15-11(3)13-9-7-8-10-13/h11-13,15H,5-10H2,1-4H3. The van der Waals surface area contributed by atoms with Gasteiger partial charge in [-0.1, -0.05) is 12.8 Å². The number of rotatable bonds is 6. The van der Waals surface area contributed by atoms with Crippen LogP contribution in [0.4, 0.5) is 0 Å². The van der Waals surface area contributed by atoms with Gasteiger partial charge in [0, 0.05) is 19.1 Å². The minimum atomic E-state index is -0.0505. The van der Waals surface area contributed by atoms with Gasteiger partial charge in [-0.25, -0.2) is 0 Å². The van der Waals surface area contributed by atoms with Crippen LogP contribution in [0.25, 0.3) is 0 Å². The molecule has 0 aromatic heterocycles. The number of nitrogens with zero attached hydrogens (tertiary/aromatic N) is 1. The molecular formula is C14H28N2O.